The number of nitrogens with zero attached hydrogens (tertiary/aromatic N) is 4. The van der Waals surface area contributed by atoms with Crippen LogP contribution >= 0.6 is 11.3 Å². The standard InChI is InChI=1S/C20H20F3N5O3S/c1-11-4-6-12(7-5-11)17(30)25-19-24-16-15(32-19)14(26-28(16)10-20(21,22)23)18(31)27-8-2-3-13(27)9-29/h4-7,13,29H,2-3,8-10H2,1H3,(H,24,25,30)/t13-/m1/s1. The number of amides is 2. The van der Waals surface area contributed by atoms with E-state index in [0.717, 1.165) is 16.9 Å². The first-order valence-electron chi connectivity index (χ1n) is 9.90. The number of hydrogen-bond acceptors (Lipinski definition) is 6. The van der Waals surface area contributed by atoms with Crippen LogP contribution in [-0.4, -0.2) is 62.0 Å². The number of halogens is 3. The minimum Gasteiger partial charge on any atom is -0.394 e. The molecule has 0 aliphatic carbocycles. The van der Waals surface area contributed by atoms with Crippen LogP contribution in [0.25, 0.3) is 10.3 Å². The molecule has 1 aliphatic rings. The zero-order chi connectivity index (χ0) is 23.0. The minimum atomic E-state index is -4.57. The van der Waals surface area contributed by atoms with Crippen LogP contribution in [-0.2, 0) is 6.54 Å². The molecule has 2 amide bonds. The second-order valence-corrected chi connectivity index (χ2v) is 8.59. The van der Waals surface area contributed by atoms with Crippen molar-refractivity contribution in [1.82, 2.24) is 19.7 Å². The number of likely N-dealkylation sites (tertiary alicyclic amines) is 1. The molecule has 0 spiro atoms. The first-order valence-corrected chi connectivity index (χ1v) is 10.7. The Bertz CT molecular complexity index is 1160. The van der Waals surface area contributed by atoms with E-state index in [1.807, 2.05) is 6.92 Å². The van der Waals surface area contributed by atoms with Crippen molar-refractivity contribution in [2.75, 3.05) is 18.5 Å². The molecule has 2 N–H and O–H groups in total. The Morgan fingerprint density at radius 2 is 2.00 bits per heavy atom. The van der Waals surface area contributed by atoms with E-state index in [-0.39, 0.29) is 27.8 Å². The number of thiazole rings is 1. The molecule has 1 aromatic carbocycles. The molecule has 32 heavy (non-hydrogen) atoms. The van der Waals surface area contributed by atoms with Crippen molar-refractivity contribution in [3.8, 4) is 0 Å². The molecular weight excluding hydrogens is 447 g/mol. The predicted octanol–water partition coefficient (Wildman–Crippen LogP) is 3.21. The van der Waals surface area contributed by atoms with Crippen molar-refractivity contribution in [2.45, 2.75) is 38.5 Å². The lowest BCUT2D eigenvalue weighted by Crippen LogP contribution is -2.38. The fourth-order valence-corrected chi connectivity index (χ4v) is 4.57. The van der Waals surface area contributed by atoms with Gasteiger partial charge in [0.25, 0.3) is 11.8 Å². The van der Waals surface area contributed by atoms with E-state index >= 15 is 0 Å². The van der Waals surface area contributed by atoms with Crippen LogP contribution in [0.2, 0.25) is 0 Å². The van der Waals surface area contributed by atoms with Crippen LogP contribution < -0.4 is 5.32 Å². The molecule has 0 saturated carbocycles. The molecule has 12 heteroatoms. The predicted molar refractivity (Wildman–Crippen MR) is 112 cm³/mol. The molecule has 3 heterocycles. The van der Waals surface area contributed by atoms with Gasteiger partial charge in [0, 0.05) is 12.1 Å². The summed E-state index contributed by atoms with van der Waals surface area (Å²) in [7, 11) is 0. The first-order chi connectivity index (χ1) is 15.2. The molecule has 0 bridgehead atoms. The number of hydrogen-bond donors (Lipinski definition) is 2. The molecule has 2 aromatic heterocycles. The van der Waals surface area contributed by atoms with Crippen LogP contribution in [0.1, 0.15) is 39.3 Å². The Morgan fingerprint density at radius 3 is 2.66 bits per heavy atom. The van der Waals surface area contributed by atoms with Gasteiger partial charge in [0.05, 0.1) is 12.6 Å². The summed E-state index contributed by atoms with van der Waals surface area (Å²) in [6.45, 7) is 0.601. The number of rotatable bonds is 5. The lowest BCUT2D eigenvalue weighted by atomic mass is 10.1. The molecule has 1 saturated heterocycles. The zero-order valence-corrected chi connectivity index (χ0v) is 17.8. The van der Waals surface area contributed by atoms with Gasteiger partial charge >= 0.3 is 6.18 Å². The fraction of sp³-hybridized carbons (Fsp3) is 0.400. The van der Waals surface area contributed by atoms with Gasteiger partial charge in [-0.05, 0) is 31.9 Å². The van der Waals surface area contributed by atoms with Gasteiger partial charge in [-0.3, -0.25) is 14.9 Å². The summed E-state index contributed by atoms with van der Waals surface area (Å²) in [6.07, 6.45) is -3.28. The topological polar surface area (TPSA) is 100 Å². The van der Waals surface area contributed by atoms with Crippen LogP contribution in [0.4, 0.5) is 18.3 Å². The number of aromatic nitrogens is 3. The van der Waals surface area contributed by atoms with Crippen molar-refractivity contribution in [3.63, 3.8) is 0 Å². The highest BCUT2D eigenvalue weighted by Crippen LogP contribution is 2.33. The SMILES string of the molecule is Cc1ccc(C(=O)Nc2nc3c(s2)c(C(=O)N2CCC[C@@H]2CO)nn3CC(F)(F)F)cc1. The molecule has 1 aliphatic heterocycles. The number of anilines is 1. The number of aliphatic hydroxyl groups is 1. The monoisotopic (exact) mass is 467 g/mol. The summed E-state index contributed by atoms with van der Waals surface area (Å²) < 4.78 is 40.0. The second kappa shape index (κ2) is 8.51. The maximum Gasteiger partial charge on any atom is 0.408 e. The van der Waals surface area contributed by atoms with Gasteiger partial charge in [0.1, 0.15) is 11.2 Å². The summed E-state index contributed by atoms with van der Waals surface area (Å²) >= 11 is 0.889. The van der Waals surface area contributed by atoms with Crippen molar-refractivity contribution >= 4 is 38.6 Å². The summed E-state index contributed by atoms with van der Waals surface area (Å²) in [5.74, 6) is -1.03. The van der Waals surface area contributed by atoms with E-state index in [4.69, 9.17) is 0 Å². The number of benzene rings is 1. The summed E-state index contributed by atoms with van der Waals surface area (Å²) in [6, 6.07) is 6.37. The maximum atomic E-state index is 13.1. The third-order valence-electron chi connectivity index (χ3n) is 5.20. The van der Waals surface area contributed by atoms with E-state index in [2.05, 4.69) is 15.4 Å². The van der Waals surface area contributed by atoms with Crippen LogP contribution in [0.15, 0.2) is 24.3 Å². The Hall–Kier alpha value is -2.99. The molecule has 3 aromatic rings. The van der Waals surface area contributed by atoms with Crippen LogP contribution in [0.3, 0.4) is 0 Å². The van der Waals surface area contributed by atoms with Gasteiger partial charge in [-0.15, -0.1) is 0 Å². The Morgan fingerprint density at radius 1 is 1.28 bits per heavy atom. The van der Waals surface area contributed by atoms with Crippen molar-refractivity contribution in [3.05, 3.63) is 41.1 Å². The molecule has 0 radical (unpaired) electrons. The third-order valence-corrected chi connectivity index (χ3v) is 6.17. The molecule has 4 rings (SSSR count). The number of carbonyl (C=O) groups excluding carboxylic acids is 2. The average Bonchev–Trinajstić information content (AvgIpc) is 3.43. The van der Waals surface area contributed by atoms with E-state index in [1.165, 1.54) is 4.90 Å². The highest BCUT2D eigenvalue weighted by atomic mass is 32.1. The number of aliphatic hydroxyl groups excluding tert-OH is 1. The number of fused-ring (bicyclic) bond motifs is 1. The molecule has 1 fully saturated rings. The van der Waals surface area contributed by atoms with Gasteiger partial charge in [0.2, 0.25) is 0 Å². The van der Waals surface area contributed by atoms with Gasteiger partial charge < -0.3 is 10.0 Å². The quantitative estimate of drug-likeness (QED) is 0.600. The smallest absolute Gasteiger partial charge is 0.394 e. The van der Waals surface area contributed by atoms with Crippen molar-refractivity contribution < 1.29 is 27.9 Å². The van der Waals surface area contributed by atoms with E-state index < -0.39 is 30.6 Å². The number of alkyl halides is 3. The number of aryl methyl sites for hydroxylation is 1. The summed E-state index contributed by atoms with van der Waals surface area (Å²) in [5, 5.41) is 16.0. The average molecular weight is 467 g/mol. The Balaban J connectivity index is 1.69. The highest BCUT2D eigenvalue weighted by Gasteiger charge is 2.35. The summed E-state index contributed by atoms with van der Waals surface area (Å²) in [5.41, 5.74) is 1.04. The minimum absolute atomic E-state index is 0.0630. The molecule has 0 unspecified atom stereocenters. The Kier molecular flexibility index (Phi) is 5.91. The van der Waals surface area contributed by atoms with Gasteiger partial charge in [-0.2, -0.15) is 23.3 Å². The lowest BCUT2D eigenvalue weighted by Gasteiger charge is -2.21. The number of nitrogens with one attached hydrogen (secondary N) is 1. The van der Waals surface area contributed by atoms with E-state index in [0.29, 0.717) is 29.6 Å². The zero-order valence-electron chi connectivity index (χ0n) is 17.0. The molecule has 170 valence electrons. The van der Waals surface area contributed by atoms with Gasteiger partial charge in [0.15, 0.2) is 16.5 Å². The van der Waals surface area contributed by atoms with Gasteiger partial charge in [-0.25, -0.2) is 4.68 Å². The maximum absolute atomic E-state index is 13.1. The lowest BCUT2D eigenvalue weighted by molar-refractivity contribution is -0.142. The van der Waals surface area contributed by atoms with E-state index in [1.54, 1.807) is 24.3 Å². The normalized spacial score (nSPS) is 16.7. The van der Waals surface area contributed by atoms with E-state index in [9.17, 15) is 27.9 Å². The first kappa shape index (κ1) is 22.2. The number of carbonyl (C=O) groups is 2. The summed E-state index contributed by atoms with van der Waals surface area (Å²) in [4.78, 5) is 31.1. The molecular formula is C20H20F3N5O3S. The molecule has 8 nitrogen and oxygen atoms in total. The third kappa shape index (κ3) is 4.46. The van der Waals surface area contributed by atoms with Crippen LogP contribution in [0.5, 0.6) is 0 Å². The molecule has 1 atom stereocenters. The Labute approximate surface area is 184 Å². The van der Waals surface area contributed by atoms with Crippen LogP contribution in [0, 0.1) is 6.92 Å². The van der Waals surface area contributed by atoms with Crippen molar-refractivity contribution in [1.29, 1.82) is 0 Å². The second-order valence-electron chi connectivity index (χ2n) is 7.59. The highest BCUT2D eigenvalue weighted by molar-refractivity contribution is 7.22. The largest absolute Gasteiger partial charge is 0.408 e. The van der Waals surface area contributed by atoms with Crippen molar-refractivity contribution in [2.24, 2.45) is 0 Å². The van der Waals surface area contributed by atoms with Gasteiger partial charge in [-0.1, -0.05) is 29.0 Å². The fourth-order valence-electron chi connectivity index (χ4n) is 3.63.